The lowest BCUT2D eigenvalue weighted by Gasteiger charge is -2.20. The molecule has 0 nitrogen and oxygen atoms in total. The summed E-state index contributed by atoms with van der Waals surface area (Å²) in [6, 6.07) is 65.1. The van der Waals surface area contributed by atoms with Crippen LogP contribution in [0.5, 0.6) is 0 Å². The van der Waals surface area contributed by atoms with E-state index in [-0.39, 0.29) is 0 Å². The van der Waals surface area contributed by atoms with E-state index in [0.29, 0.717) is 0 Å². The van der Waals surface area contributed by atoms with Gasteiger partial charge in [0.1, 0.15) is 0 Å². The van der Waals surface area contributed by atoms with Crippen molar-refractivity contribution in [1.29, 1.82) is 0 Å². The lowest BCUT2D eigenvalue weighted by Crippen LogP contribution is -1.93. The smallest absolute Gasteiger partial charge is 0.000741 e. The molecule has 1 aliphatic rings. The van der Waals surface area contributed by atoms with Crippen LogP contribution in [-0.4, -0.2) is 0 Å². The van der Waals surface area contributed by atoms with Crippen LogP contribution < -0.4 is 0 Å². The Kier molecular flexibility index (Phi) is 6.19. The molecule has 0 atom stereocenters. The highest BCUT2D eigenvalue weighted by Gasteiger charge is 2.31. The minimum absolute atomic E-state index is 1.24. The highest BCUT2D eigenvalue weighted by molar-refractivity contribution is 6.28. The van der Waals surface area contributed by atoms with E-state index in [2.05, 4.69) is 183 Å². The summed E-state index contributed by atoms with van der Waals surface area (Å²) in [5.41, 5.74) is 16.7. The molecule has 228 valence electrons. The Balaban J connectivity index is 1.22. The fourth-order valence-corrected chi connectivity index (χ4v) is 8.20. The quantitative estimate of drug-likeness (QED) is 0.184. The van der Waals surface area contributed by atoms with Gasteiger partial charge in [-0.25, -0.2) is 0 Å². The van der Waals surface area contributed by atoms with Crippen molar-refractivity contribution in [2.45, 2.75) is 6.92 Å². The minimum atomic E-state index is 1.24. The molecule has 0 fully saturated rings. The fraction of sp³-hybridized carbons (Fsp3) is 0.0204. The van der Waals surface area contributed by atoms with Crippen LogP contribution in [0.1, 0.15) is 5.56 Å². The van der Waals surface area contributed by atoms with Crippen molar-refractivity contribution in [3.63, 3.8) is 0 Å². The van der Waals surface area contributed by atoms with Gasteiger partial charge in [0.15, 0.2) is 0 Å². The van der Waals surface area contributed by atoms with Gasteiger partial charge in [-0.2, -0.15) is 0 Å². The average molecular weight is 621 g/mol. The molecule has 0 bridgehead atoms. The molecular formula is C49H32. The van der Waals surface area contributed by atoms with Crippen LogP contribution in [0.2, 0.25) is 0 Å². The Bertz CT molecular complexity index is 2640. The Morgan fingerprint density at radius 2 is 0.776 bits per heavy atom. The largest absolute Gasteiger partial charge is 0.0622 e. The lowest BCUT2D eigenvalue weighted by molar-refractivity contribution is 1.47. The highest BCUT2D eigenvalue weighted by atomic mass is 14.3. The summed E-state index contributed by atoms with van der Waals surface area (Å²) in [4.78, 5) is 0. The standard InChI is InChI=1S/C49H32/c1-31-19-21-32(22-20-31)35-23-24-37-30-38(26-25-36(37)29-35)39-27-28-44-47-40(39)17-10-18-43(47)48-45(33-11-4-2-5-12-33)41-15-8-9-16-42(41)46(49(44)48)34-13-6-3-7-14-34/h2-30H,1H3. The zero-order valence-corrected chi connectivity index (χ0v) is 27.2. The van der Waals surface area contributed by atoms with Crippen LogP contribution in [0.25, 0.3) is 99.1 Å². The van der Waals surface area contributed by atoms with Crippen LogP contribution in [-0.2, 0) is 0 Å². The maximum atomic E-state index is 2.38. The molecular weight excluding hydrogens is 589 g/mol. The van der Waals surface area contributed by atoms with E-state index < -0.39 is 0 Å². The van der Waals surface area contributed by atoms with Crippen LogP contribution in [0.3, 0.4) is 0 Å². The maximum absolute atomic E-state index is 2.38. The summed E-state index contributed by atoms with van der Waals surface area (Å²) >= 11 is 0. The third-order valence-corrected chi connectivity index (χ3v) is 10.5. The fourth-order valence-electron chi connectivity index (χ4n) is 8.20. The molecule has 0 spiro atoms. The van der Waals surface area contributed by atoms with Crippen molar-refractivity contribution < 1.29 is 0 Å². The second-order valence-electron chi connectivity index (χ2n) is 13.3. The van der Waals surface area contributed by atoms with E-state index in [1.807, 2.05) is 0 Å². The summed E-state index contributed by atoms with van der Waals surface area (Å²) in [5.74, 6) is 0. The molecule has 0 N–H and O–H groups in total. The number of hydrogen-bond acceptors (Lipinski definition) is 0. The van der Waals surface area contributed by atoms with Crippen LogP contribution >= 0.6 is 0 Å². The topological polar surface area (TPSA) is 0 Å². The third-order valence-electron chi connectivity index (χ3n) is 10.5. The van der Waals surface area contributed by atoms with Gasteiger partial charge in [0.25, 0.3) is 0 Å². The third kappa shape index (κ3) is 4.31. The van der Waals surface area contributed by atoms with Gasteiger partial charge in [0, 0.05) is 0 Å². The molecule has 0 saturated heterocycles. The molecule has 0 heteroatoms. The second-order valence-corrected chi connectivity index (χ2v) is 13.3. The first-order valence-electron chi connectivity index (χ1n) is 17.1. The first-order valence-corrected chi connectivity index (χ1v) is 17.1. The summed E-state index contributed by atoms with van der Waals surface area (Å²) in [6.45, 7) is 2.14. The zero-order chi connectivity index (χ0) is 32.5. The molecule has 0 aromatic heterocycles. The number of rotatable bonds is 4. The Morgan fingerprint density at radius 1 is 0.286 bits per heavy atom. The van der Waals surface area contributed by atoms with E-state index in [9.17, 15) is 0 Å². The minimum Gasteiger partial charge on any atom is -0.0622 e. The normalized spacial score (nSPS) is 11.8. The van der Waals surface area contributed by atoms with Gasteiger partial charge in [0.05, 0.1) is 0 Å². The molecule has 0 radical (unpaired) electrons. The molecule has 49 heavy (non-hydrogen) atoms. The van der Waals surface area contributed by atoms with E-state index in [0.717, 1.165) is 0 Å². The van der Waals surface area contributed by atoms with Crippen molar-refractivity contribution in [3.8, 4) is 66.8 Å². The summed E-state index contributed by atoms with van der Waals surface area (Å²) in [5, 5.41) is 7.72. The number of aryl methyl sites for hydroxylation is 1. The molecule has 10 rings (SSSR count). The predicted molar refractivity (Wildman–Crippen MR) is 210 cm³/mol. The van der Waals surface area contributed by atoms with Gasteiger partial charge < -0.3 is 0 Å². The van der Waals surface area contributed by atoms with Gasteiger partial charge in [-0.05, 0) is 118 Å². The molecule has 0 unspecified atom stereocenters. The van der Waals surface area contributed by atoms with E-state index in [1.165, 1.54) is 105 Å². The van der Waals surface area contributed by atoms with Gasteiger partial charge in [-0.15, -0.1) is 0 Å². The van der Waals surface area contributed by atoms with E-state index in [4.69, 9.17) is 0 Å². The van der Waals surface area contributed by atoms with Crippen LogP contribution in [0, 0.1) is 6.92 Å². The number of benzene rings is 9. The summed E-state index contributed by atoms with van der Waals surface area (Å²) < 4.78 is 0. The van der Waals surface area contributed by atoms with Crippen molar-refractivity contribution >= 4 is 32.3 Å². The first-order chi connectivity index (χ1) is 24.2. The molecule has 9 aromatic rings. The molecule has 0 amide bonds. The average Bonchev–Trinajstić information content (AvgIpc) is 3.49. The maximum Gasteiger partial charge on any atom is -0.000741 e. The van der Waals surface area contributed by atoms with Gasteiger partial charge in [-0.1, -0.05) is 169 Å². The molecule has 0 heterocycles. The Morgan fingerprint density at radius 3 is 1.41 bits per heavy atom. The first kappa shape index (κ1) is 27.8. The Labute approximate surface area is 286 Å². The second kappa shape index (κ2) is 10.9. The van der Waals surface area contributed by atoms with Crippen molar-refractivity contribution in [2.24, 2.45) is 0 Å². The molecule has 9 aromatic carbocycles. The highest BCUT2D eigenvalue weighted by Crippen LogP contribution is 2.58. The van der Waals surface area contributed by atoms with E-state index >= 15 is 0 Å². The van der Waals surface area contributed by atoms with Crippen LogP contribution in [0.4, 0.5) is 0 Å². The molecule has 0 aliphatic heterocycles. The van der Waals surface area contributed by atoms with Crippen molar-refractivity contribution in [1.82, 2.24) is 0 Å². The van der Waals surface area contributed by atoms with Crippen molar-refractivity contribution in [2.75, 3.05) is 0 Å². The van der Waals surface area contributed by atoms with Crippen LogP contribution in [0.15, 0.2) is 176 Å². The summed E-state index contributed by atoms with van der Waals surface area (Å²) in [7, 11) is 0. The monoisotopic (exact) mass is 620 g/mol. The number of fused-ring (bicyclic) bond motifs is 5. The predicted octanol–water partition coefficient (Wildman–Crippen LogP) is 13.8. The molecule has 0 saturated carbocycles. The van der Waals surface area contributed by atoms with Gasteiger partial charge >= 0.3 is 0 Å². The van der Waals surface area contributed by atoms with Gasteiger partial charge in [0.2, 0.25) is 0 Å². The van der Waals surface area contributed by atoms with Gasteiger partial charge in [-0.3, -0.25) is 0 Å². The SMILES string of the molecule is Cc1ccc(-c2ccc3cc(-c4ccc5c6c(cccc46)-c4c-5c(-c5ccccc5)c5ccccc5c4-c4ccccc4)ccc3c2)cc1. The number of hydrogen-bond donors (Lipinski definition) is 0. The summed E-state index contributed by atoms with van der Waals surface area (Å²) in [6.07, 6.45) is 0. The lowest BCUT2D eigenvalue weighted by atomic mass is 9.82. The zero-order valence-electron chi connectivity index (χ0n) is 27.2. The molecule has 1 aliphatic carbocycles. The Hall–Kier alpha value is -6.24. The van der Waals surface area contributed by atoms with E-state index in [1.54, 1.807) is 0 Å². The van der Waals surface area contributed by atoms with Crippen molar-refractivity contribution in [3.05, 3.63) is 181 Å².